The summed E-state index contributed by atoms with van der Waals surface area (Å²) in [6, 6.07) is 10.3. The van der Waals surface area contributed by atoms with Gasteiger partial charge in [0.15, 0.2) is 0 Å². The quantitative estimate of drug-likeness (QED) is 0.508. The Hall–Kier alpha value is -1.18. The van der Waals surface area contributed by atoms with E-state index in [-0.39, 0.29) is 11.7 Å². The topological polar surface area (TPSA) is 61.7 Å². The van der Waals surface area contributed by atoms with Gasteiger partial charge in [0, 0.05) is 20.1 Å². The van der Waals surface area contributed by atoms with Crippen LogP contribution in [0.15, 0.2) is 54.9 Å². The van der Waals surface area contributed by atoms with Crippen molar-refractivity contribution in [2.75, 3.05) is 0 Å². The van der Waals surface area contributed by atoms with Crippen molar-refractivity contribution < 1.29 is 9.90 Å². The minimum absolute atomic E-state index is 0.0554. The van der Waals surface area contributed by atoms with Gasteiger partial charge in [-0.1, -0.05) is 31.9 Å². The third kappa shape index (κ3) is 4.39. The van der Waals surface area contributed by atoms with Crippen LogP contribution in [0.1, 0.15) is 15.9 Å². The number of hydrogen-bond donors (Lipinski definition) is 2. The van der Waals surface area contributed by atoms with Crippen LogP contribution in [-0.2, 0) is 0 Å². The highest BCUT2D eigenvalue weighted by Crippen LogP contribution is 2.30. The van der Waals surface area contributed by atoms with Crippen LogP contribution in [0.25, 0.3) is 0 Å². The molecule has 0 spiro atoms. The SMILES string of the molecule is O=C(N/N=C/c1cc(Br)cc(Br)c1O)c1ccc(Br)cc1. The summed E-state index contributed by atoms with van der Waals surface area (Å²) in [6.07, 6.45) is 1.38. The standard InChI is InChI=1S/C14H9Br3N2O2/c15-10-3-1-8(2-4-10)14(21)19-18-7-9-5-11(16)6-12(17)13(9)20/h1-7,20H,(H,19,21)/b18-7+. The number of carbonyl (C=O) groups excluding carboxylic acids is 1. The summed E-state index contributed by atoms with van der Waals surface area (Å²) in [4.78, 5) is 11.8. The first-order valence-electron chi connectivity index (χ1n) is 5.74. The Bertz CT molecular complexity index is 700. The van der Waals surface area contributed by atoms with Crippen LogP contribution >= 0.6 is 47.8 Å². The van der Waals surface area contributed by atoms with Crippen LogP contribution in [0.4, 0.5) is 0 Å². The fourth-order valence-electron chi connectivity index (χ4n) is 1.51. The first-order chi connectivity index (χ1) is 9.97. The molecule has 2 aromatic carbocycles. The number of aromatic hydroxyl groups is 1. The highest BCUT2D eigenvalue weighted by Gasteiger charge is 2.06. The molecule has 2 aromatic rings. The summed E-state index contributed by atoms with van der Waals surface area (Å²) in [5.74, 6) is -0.271. The minimum Gasteiger partial charge on any atom is -0.506 e. The van der Waals surface area contributed by atoms with Crippen molar-refractivity contribution in [3.63, 3.8) is 0 Å². The molecule has 0 aromatic heterocycles. The zero-order valence-corrected chi connectivity index (χ0v) is 15.2. The molecule has 2 N–H and O–H groups in total. The molecule has 0 atom stereocenters. The Balaban J connectivity index is 2.09. The highest BCUT2D eigenvalue weighted by molar-refractivity contribution is 9.11. The molecule has 0 saturated heterocycles. The number of amides is 1. The molecule has 0 unspecified atom stereocenters. The maximum Gasteiger partial charge on any atom is 0.271 e. The van der Waals surface area contributed by atoms with Crippen molar-refractivity contribution in [3.8, 4) is 5.75 Å². The zero-order chi connectivity index (χ0) is 15.4. The Morgan fingerprint density at radius 2 is 1.76 bits per heavy atom. The van der Waals surface area contributed by atoms with Crippen molar-refractivity contribution in [2.24, 2.45) is 5.10 Å². The number of nitrogens with one attached hydrogen (secondary N) is 1. The molecule has 0 fully saturated rings. The number of nitrogens with zero attached hydrogens (tertiary/aromatic N) is 1. The van der Waals surface area contributed by atoms with Gasteiger partial charge in [-0.2, -0.15) is 5.10 Å². The van der Waals surface area contributed by atoms with Gasteiger partial charge in [-0.15, -0.1) is 0 Å². The molecule has 7 heteroatoms. The Morgan fingerprint density at radius 3 is 2.43 bits per heavy atom. The second kappa shape index (κ2) is 7.20. The predicted molar refractivity (Wildman–Crippen MR) is 92.7 cm³/mol. The number of benzene rings is 2. The summed E-state index contributed by atoms with van der Waals surface area (Å²) in [7, 11) is 0. The maximum absolute atomic E-state index is 11.8. The number of hydrazone groups is 1. The third-order valence-corrected chi connectivity index (χ3v) is 4.12. The number of rotatable bonds is 3. The fraction of sp³-hybridized carbons (Fsp3) is 0. The lowest BCUT2D eigenvalue weighted by Crippen LogP contribution is -2.17. The molecule has 0 aliphatic heterocycles. The molecule has 0 heterocycles. The average Bonchev–Trinajstić information content (AvgIpc) is 2.44. The third-order valence-electron chi connectivity index (χ3n) is 2.53. The van der Waals surface area contributed by atoms with Crippen molar-refractivity contribution in [1.29, 1.82) is 0 Å². The van der Waals surface area contributed by atoms with E-state index in [4.69, 9.17) is 0 Å². The first kappa shape index (κ1) is 16.2. The van der Waals surface area contributed by atoms with E-state index in [1.165, 1.54) is 6.21 Å². The monoisotopic (exact) mass is 474 g/mol. The second-order valence-corrected chi connectivity index (χ2v) is 6.72. The lowest BCUT2D eigenvalue weighted by atomic mass is 10.2. The molecular weight excluding hydrogens is 468 g/mol. The van der Waals surface area contributed by atoms with Gasteiger partial charge >= 0.3 is 0 Å². The number of carbonyl (C=O) groups is 1. The molecular formula is C14H9Br3N2O2. The van der Waals surface area contributed by atoms with Gasteiger partial charge in [-0.25, -0.2) is 5.43 Å². The summed E-state index contributed by atoms with van der Waals surface area (Å²) in [6.45, 7) is 0. The molecule has 1 amide bonds. The number of hydrogen-bond acceptors (Lipinski definition) is 3. The van der Waals surface area contributed by atoms with Gasteiger partial charge in [-0.05, 0) is 52.3 Å². The van der Waals surface area contributed by atoms with E-state index < -0.39 is 0 Å². The number of phenolic OH excluding ortho intramolecular Hbond substituents is 1. The zero-order valence-electron chi connectivity index (χ0n) is 10.5. The van der Waals surface area contributed by atoms with E-state index in [1.807, 2.05) is 0 Å². The van der Waals surface area contributed by atoms with Crippen LogP contribution in [-0.4, -0.2) is 17.2 Å². The van der Waals surface area contributed by atoms with Crippen molar-refractivity contribution in [1.82, 2.24) is 5.43 Å². The molecule has 2 rings (SSSR count). The largest absolute Gasteiger partial charge is 0.506 e. The summed E-state index contributed by atoms with van der Waals surface area (Å²) in [5, 5.41) is 13.7. The van der Waals surface area contributed by atoms with Gasteiger partial charge in [0.2, 0.25) is 0 Å². The lowest BCUT2D eigenvalue weighted by Gasteiger charge is -2.03. The highest BCUT2D eigenvalue weighted by atomic mass is 79.9. The maximum atomic E-state index is 11.8. The molecule has 0 radical (unpaired) electrons. The van der Waals surface area contributed by atoms with Gasteiger partial charge in [0.25, 0.3) is 5.91 Å². The summed E-state index contributed by atoms with van der Waals surface area (Å²) < 4.78 is 2.22. The van der Waals surface area contributed by atoms with Crippen molar-refractivity contribution in [3.05, 3.63) is 60.9 Å². The predicted octanol–water partition coefficient (Wildman–Crippen LogP) is 4.44. The van der Waals surface area contributed by atoms with Gasteiger partial charge in [-0.3, -0.25) is 4.79 Å². The van der Waals surface area contributed by atoms with Crippen LogP contribution in [0.2, 0.25) is 0 Å². The van der Waals surface area contributed by atoms with E-state index in [1.54, 1.807) is 36.4 Å². The van der Waals surface area contributed by atoms with Gasteiger partial charge < -0.3 is 5.11 Å². The Kier molecular flexibility index (Phi) is 5.55. The Morgan fingerprint density at radius 1 is 1.10 bits per heavy atom. The smallest absolute Gasteiger partial charge is 0.271 e. The second-order valence-electron chi connectivity index (χ2n) is 4.03. The molecule has 108 valence electrons. The first-order valence-corrected chi connectivity index (χ1v) is 8.12. The van der Waals surface area contributed by atoms with Crippen LogP contribution in [0.3, 0.4) is 0 Å². The summed E-state index contributed by atoms with van der Waals surface area (Å²) in [5.41, 5.74) is 3.38. The van der Waals surface area contributed by atoms with E-state index in [0.717, 1.165) is 8.95 Å². The van der Waals surface area contributed by atoms with E-state index >= 15 is 0 Å². The van der Waals surface area contributed by atoms with Crippen LogP contribution < -0.4 is 5.43 Å². The van der Waals surface area contributed by atoms with Crippen LogP contribution in [0.5, 0.6) is 5.75 Å². The molecule has 0 aliphatic rings. The number of halogens is 3. The fourth-order valence-corrected chi connectivity index (χ4v) is 3.03. The normalized spacial score (nSPS) is 10.8. The van der Waals surface area contributed by atoms with E-state index in [2.05, 4.69) is 58.3 Å². The van der Waals surface area contributed by atoms with Gasteiger partial charge in [0.05, 0.1) is 10.7 Å². The van der Waals surface area contributed by atoms with Gasteiger partial charge in [0.1, 0.15) is 5.75 Å². The van der Waals surface area contributed by atoms with E-state index in [9.17, 15) is 9.90 Å². The lowest BCUT2D eigenvalue weighted by molar-refractivity contribution is 0.0955. The molecule has 0 saturated carbocycles. The minimum atomic E-state index is -0.327. The van der Waals surface area contributed by atoms with Crippen molar-refractivity contribution >= 4 is 59.9 Å². The van der Waals surface area contributed by atoms with Crippen molar-refractivity contribution in [2.45, 2.75) is 0 Å². The Labute approximate surface area is 146 Å². The number of phenols is 1. The molecule has 0 bridgehead atoms. The molecule has 0 aliphatic carbocycles. The average molecular weight is 477 g/mol. The molecule has 4 nitrogen and oxygen atoms in total. The summed E-state index contributed by atoms with van der Waals surface area (Å²) >= 11 is 9.85. The van der Waals surface area contributed by atoms with Crippen LogP contribution in [0, 0.1) is 0 Å². The molecule has 21 heavy (non-hydrogen) atoms. The van der Waals surface area contributed by atoms with E-state index in [0.29, 0.717) is 15.6 Å².